The van der Waals surface area contributed by atoms with Crippen LogP contribution in [0.25, 0.3) is 0 Å². The van der Waals surface area contributed by atoms with Gasteiger partial charge in [0.1, 0.15) is 18.8 Å². The van der Waals surface area contributed by atoms with Crippen LogP contribution in [-0.4, -0.2) is 83.8 Å². The van der Waals surface area contributed by atoms with Crippen LogP contribution in [0, 0.1) is 5.41 Å². The first-order valence-corrected chi connectivity index (χ1v) is 14.2. The predicted octanol–water partition coefficient (Wildman–Crippen LogP) is 3.16. The maximum atomic E-state index is 14.2. The Labute approximate surface area is 257 Å². The number of ether oxygens (including phenoxy) is 4. The summed E-state index contributed by atoms with van der Waals surface area (Å²) in [5, 5.41) is 11.6. The second kappa shape index (κ2) is 15.2. The number of imide groups is 1. The number of esters is 2. The Morgan fingerprint density at radius 3 is 1.95 bits per heavy atom. The Morgan fingerprint density at radius 1 is 0.909 bits per heavy atom. The molecule has 0 saturated carbocycles. The highest BCUT2D eigenvalue weighted by Gasteiger charge is 2.62. The number of nitrogens with one attached hydrogen (secondary N) is 2. The maximum Gasteiger partial charge on any atom is 0.421 e. The minimum absolute atomic E-state index is 0.284. The lowest BCUT2D eigenvalue weighted by Crippen LogP contribution is -2.71. The molecule has 0 bridgehead atoms. The third-order valence-electron chi connectivity index (χ3n) is 6.84. The van der Waals surface area contributed by atoms with Gasteiger partial charge >= 0.3 is 24.1 Å². The van der Waals surface area contributed by atoms with Crippen LogP contribution in [0.3, 0.4) is 0 Å². The number of amides is 2. The van der Waals surface area contributed by atoms with Gasteiger partial charge in [-0.1, -0.05) is 60.7 Å². The van der Waals surface area contributed by atoms with Crippen molar-refractivity contribution in [2.75, 3.05) is 26.7 Å². The van der Waals surface area contributed by atoms with Crippen LogP contribution < -0.4 is 11.1 Å². The van der Waals surface area contributed by atoms with E-state index in [0.29, 0.717) is 30.5 Å². The van der Waals surface area contributed by atoms with E-state index < -0.39 is 53.8 Å². The Balaban J connectivity index is 2.17. The Hall–Kier alpha value is -4.65. The molecule has 44 heavy (non-hydrogen) atoms. The van der Waals surface area contributed by atoms with Crippen LogP contribution in [-0.2, 0) is 41.8 Å². The maximum absolute atomic E-state index is 14.2. The minimum atomic E-state index is -2.83. The van der Waals surface area contributed by atoms with Gasteiger partial charge in [-0.05, 0) is 51.3 Å². The average molecular weight is 612 g/mol. The molecule has 0 aromatic heterocycles. The molecule has 1 heterocycles. The van der Waals surface area contributed by atoms with Gasteiger partial charge in [-0.2, -0.15) is 4.90 Å². The van der Waals surface area contributed by atoms with Gasteiger partial charge in [-0.25, -0.2) is 19.2 Å². The first-order chi connectivity index (χ1) is 20.9. The number of hydrogen-bond donors (Lipinski definition) is 3. The Bertz CT molecular complexity index is 1300. The summed E-state index contributed by atoms with van der Waals surface area (Å²) in [6.07, 6.45) is -1.46. The third-order valence-corrected chi connectivity index (χ3v) is 6.84. The zero-order valence-electron chi connectivity index (χ0n) is 25.5. The van der Waals surface area contributed by atoms with Crippen LogP contribution >= 0.6 is 0 Å². The van der Waals surface area contributed by atoms with Gasteiger partial charge in [0.05, 0.1) is 13.7 Å². The molecule has 2 amide bonds. The standard InChI is InChI=1S/C31H41N5O8/c1-30(2,3)44-29(40)36(28(39)43-20-23-14-9-6-10-15-23)31(25(37)41-4,26(38)42-19-22-12-7-5-8-13-22)21-35(27(32)33)24-16-11-17-34-18-24/h5-10,12-15,24,34H,11,16-21H2,1-4H3,(H3,32,33)/t24?,31-/m0/s1. The first kappa shape index (κ1) is 33.8. The number of rotatable bonds is 10. The summed E-state index contributed by atoms with van der Waals surface area (Å²) in [5.41, 5.74) is 3.17. The smallest absolute Gasteiger partial charge is 0.421 e. The minimum Gasteiger partial charge on any atom is -0.467 e. The summed E-state index contributed by atoms with van der Waals surface area (Å²) in [7, 11) is 1.00. The van der Waals surface area contributed by atoms with E-state index in [9.17, 15) is 19.2 Å². The first-order valence-electron chi connectivity index (χ1n) is 14.2. The molecule has 13 nitrogen and oxygen atoms in total. The molecule has 1 saturated heterocycles. The highest BCUT2D eigenvalue weighted by atomic mass is 16.6. The molecule has 4 N–H and O–H groups in total. The molecule has 3 rings (SSSR count). The molecule has 0 spiro atoms. The number of nitrogens with zero attached hydrogens (tertiary/aromatic N) is 2. The second-order valence-electron chi connectivity index (χ2n) is 11.3. The van der Waals surface area contributed by atoms with Crippen LogP contribution in [0.1, 0.15) is 44.7 Å². The summed E-state index contributed by atoms with van der Waals surface area (Å²) in [6.45, 7) is 4.41. The van der Waals surface area contributed by atoms with E-state index in [1.165, 1.54) is 4.90 Å². The molecule has 2 atom stereocenters. The summed E-state index contributed by atoms with van der Waals surface area (Å²) in [6, 6.07) is 16.8. The van der Waals surface area contributed by atoms with Gasteiger partial charge in [0.15, 0.2) is 5.96 Å². The number of carbonyl (C=O) groups excluding carboxylic acids is 4. The van der Waals surface area contributed by atoms with Gasteiger partial charge < -0.3 is 34.9 Å². The van der Waals surface area contributed by atoms with Crippen LogP contribution in [0.5, 0.6) is 0 Å². The zero-order chi connectivity index (χ0) is 32.3. The van der Waals surface area contributed by atoms with E-state index in [2.05, 4.69) is 5.32 Å². The molecule has 13 heteroatoms. The van der Waals surface area contributed by atoms with Crippen molar-refractivity contribution >= 4 is 30.1 Å². The van der Waals surface area contributed by atoms with Crippen molar-refractivity contribution < 1.29 is 38.1 Å². The SMILES string of the molecule is COC(=O)[C@@](CN(C(=N)N)C1CCCNC1)(C(=O)OCc1ccccc1)N(C(=O)OCc1ccccc1)C(=O)OC(C)(C)C. The van der Waals surface area contributed by atoms with Crippen molar-refractivity contribution in [1.29, 1.82) is 5.41 Å². The number of benzene rings is 2. The number of nitrogens with two attached hydrogens (primary N) is 1. The molecule has 1 fully saturated rings. The highest BCUT2D eigenvalue weighted by molar-refractivity contribution is 6.12. The molecule has 2 aromatic carbocycles. The lowest BCUT2D eigenvalue weighted by molar-refractivity contribution is -0.174. The largest absolute Gasteiger partial charge is 0.467 e. The van der Waals surface area contributed by atoms with Gasteiger partial charge in [0.2, 0.25) is 0 Å². The van der Waals surface area contributed by atoms with Gasteiger partial charge in [-0.3, -0.25) is 5.41 Å². The highest BCUT2D eigenvalue weighted by Crippen LogP contribution is 2.29. The Kier molecular flexibility index (Phi) is 11.7. The molecule has 1 unspecified atom stereocenters. The summed E-state index contributed by atoms with van der Waals surface area (Å²) < 4.78 is 21.7. The van der Waals surface area contributed by atoms with Crippen molar-refractivity contribution in [3.63, 3.8) is 0 Å². The lowest BCUT2D eigenvalue weighted by Gasteiger charge is -2.43. The third kappa shape index (κ3) is 8.69. The fraction of sp³-hybridized carbons (Fsp3) is 0.452. The summed E-state index contributed by atoms with van der Waals surface area (Å²) in [4.78, 5) is 57.4. The molecule has 2 aromatic rings. The van der Waals surface area contributed by atoms with Crippen LogP contribution in [0.4, 0.5) is 9.59 Å². The topological polar surface area (TPSA) is 174 Å². The van der Waals surface area contributed by atoms with E-state index >= 15 is 0 Å². The van der Waals surface area contributed by atoms with E-state index in [1.807, 2.05) is 0 Å². The van der Waals surface area contributed by atoms with E-state index in [-0.39, 0.29) is 18.1 Å². The molecule has 0 aliphatic carbocycles. The van der Waals surface area contributed by atoms with E-state index in [1.54, 1.807) is 81.4 Å². The Morgan fingerprint density at radius 2 is 1.48 bits per heavy atom. The van der Waals surface area contributed by atoms with Gasteiger partial charge in [-0.15, -0.1) is 0 Å². The lowest BCUT2D eigenvalue weighted by atomic mass is 9.94. The van der Waals surface area contributed by atoms with Crippen LogP contribution in [0.15, 0.2) is 60.7 Å². The van der Waals surface area contributed by atoms with Crippen molar-refractivity contribution in [1.82, 2.24) is 15.1 Å². The normalized spacial score (nSPS) is 16.0. The van der Waals surface area contributed by atoms with Gasteiger partial charge in [0.25, 0.3) is 5.54 Å². The number of hydrogen-bond acceptors (Lipinski definition) is 10. The van der Waals surface area contributed by atoms with Crippen molar-refractivity contribution in [3.05, 3.63) is 71.8 Å². The number of guanidine groups is 1. The number of methoxy groups -OCH3 is 1. The molecule has 1 aliphatic heterocycles. The van der Waals surface area contributed by atoms with Crippen LogP contribution in [0.2, 0.25) is 0 Å². The fourth-order valence-electron chi connectivity index (χ4n) is 4.71. The second-order valence-corrected chi connectivity index (χ2v) is 11.3. The van der Waals surface area contributed by atoms with Crippen molar-refractivity contribution in [2.45, 2.75) is 64.0 Å². The molecule has 0 radical (unpaired) electrons. The van der Waals surface area contributed by atoms with Crippen molar-refractivity contribution in [2.24, 2.45) is 5.73 Å². The fourth-order valence-corrected chi connectivity index (χ4v) is 4.71. The molecule has 238 valence electrons. The quantitative estimate of drug-likeness (QED) is 0.118. The summed E-state index contributed by atoms with van der Waals surface area (Å²) in [5.74, 6) is -3.11. The molecule has 1 aliphatic rings. The number of piperidine rings is 1. The summed E-state index contributed by atoms with van der Waals surface area (Å²) >= 11 is 0. The van der Waals surface area contributed by atoms with Crippen molar-refractivity contribution in [3.8, 4) is 0 Å². The average Bonchev–Trinajstić information content (AvgIpc) is 3.00. The van der Waals surface area contributed by atoms with E-state index in [0.717, 1.165) is 13.7 Å². The predicted molar refractivity (Wildman–Crippen MR) is 160 cm³/mol. The van der Waals surface area contributed by atoms with E-state index in [4.69, 9.17) is 30.1 Å². The molecular formula is C31H41N5O8. The zero-order valence-corrected chi connectivity index (χ0v) is 25.5. The monoisotopic (exact) mass is 611 g/mol. The van der Waals surface area contributed by atoms with Gasteiger partial charge in [0, 0.05) is 12.6 Å². The molecular weight excluding hydrogens is 570 g/mol. The number of carbonyl (C=O) groups is 4.